The van der Waals surface area contributed by atoms with Crippen molar-refractivity contribution in [1.29, 1.82) is 10.5 Å². The van der Waals surface area contributed by atoms with Gasteiger partial charge in [-0.3, -0.25) is 9.59 Å². The van der Waals surface area contributed by atoms with Gasteiger partial charge in [0.1, 0.15) is 23.8 Å². The fourth-order valence-electron chi connectivity index (χ4n) is 2.94. The second-order valence-corrected chi connectivity index (χ2v) is 6.28. The molecule has 2 atom stereocenters. The van der Waals surface area contributed by atoms with E-state index in [0.29, 0.717) is 17.8 Å². The number of aliphatic imine (C=N–C) groups is 1. The third kappa shape index (κ3) is 3.51. The van der Waals surface area contributed by atoms with E-state index in [-0.39, 0.29) is 23.8 Å². The van der Waals surface area contributed by atoms with Gasteiger partial charge in [0.25, 0.3) is 0 Å². The number of carbonyl (C=O) groups excluding carboxylic acids is 2. The predicted octanol–water partition coefficient (Wildman–Crippen LogP) is 2.27. The van der Waals surface area contributed by atoms with Crippen LogP contribution < -0.4 is 0 Å². The van der Waals surface area contributed by atoms with E-state index in [1.54, 1.807) is 24.8 Å². The number of allylic oxidation sites excluding steroid dienone is 2. The van der Waals surface area contributed by atoms with Crippen LogP contribution in [0.3, 0.4) is 0 Å². The van der Waals surface area contributed by atoms with Crippen LogP contribution in [0.5, 0.6) is 0 Å². The van der Waals surface area contributed by atoms with Gasteiger partial charge in [-0.2, -0.15) is 21.9 Å². The van der Waals surface area contributed by atoms with Gasteiger partial charge in [-0.05, 0) is 37.6 Å². The number of hydrogen-bond donors (Lipinski definition) is 0. The van der Waals surface area contributed by atoms with Crippen molar-refractivity contribution in [2.45, 2.75) is 26.8 Å². The summed E-state index contributed by atoms with van der Waals surface area (Å²) in [5, 5.41) is 22.6. The van der Waals surface area contributed by atoms with Gasteiger partial charge in [-0.1, -0.05) is 0 Å². The average molecular weight is 370 g/mol. The highest BCUT2D eigenvalue weighted by atomic mass is 32.1. The van der Waals surface area contributed by atoms with Crippen molar-refractivity contribution in [3.8, 4) is 12.1 Å². The summed E-state index contributed by atoms with van der Waals surface area (Å²) in [6.45, 7) is 5.23. The molecule has 0 aromatic carbocycles. The van der Waals surface area contributed by atoms with Gasteiger partial charge < -0.3 is 9.64 Å². The summed E-state index contributed by atoms with van der Waals surface area (Å²) in [7, 11) is 0. The quantitative estimate of drug-likeness (QED) is 0.562. The number of hydrogen-bond acceptors (Lipinski definition) is 8. The Hall–Kier alpha value is -2.97. The SMILES string of the molecule is CCOC(=O)C(C(C)=O)C1C(c2ccsc2)=NC(C#N)=C(C#N)N1CC. The Morgan fingerprint density at radius 2 is 2.12 bits per heavy atom. The maximum absolute atomic E-state index is 12.5. The molecule has 2 rings (SSSR count). The van der Waals surface area contributed by atoms with Crippen molar-refractivity contribution < 1.29 is 14.3 Å². The molecule has 134 valence electrons. The van der Waals surface area contributed by atoms with Gasteiger partial charge in [0.15, 0.2) is 11.4 Å². The number of carbonyl (C=O) groups is 2. The van der Waals surface area contributed by atoms with Gasteiger partial charge in [-0.15, -0.1) is 0 Å². The highest BCUT2D eigenvalue weighted by Crippen LogP contribution is 2.30. The molecule has 0 radical (unpaired) electrons. The zero-order chi connectivity index (χ0) is 19.3. The lowest BCUT2D eigenvalue weighted by atomic mass is 9.86. The number of esters is 1. The van der Waals surface area contributed by atoms with Gasteiger partial charge in [0.05, 0.1) is 18.4 Å². The molecule has 0 aliphatic carbocycles. The minimum atomic E-state index is -1.14. The Balaban J connectivity index is 2.70. The summed E-state index contributed by atoms with van der Waals surface area (Å²) in [4.78, 5) is 30.8. The third-order valence-corrected chi connectivity index (χ3v) is 4.71. The molecule has 2 unspecified atom stereocenters. The maximum atomic E-state index is 12.5. The lowest BCUT2D eigenvalue weighted by molar-refractivity contribution is -0.152. The van der Waals surface area contributed by atoms with E-state index in [2.05, 4.69) is 4.99 Å². The fraction of sp³-hybridized carbons (Fsp3) is 0.389. The molecule has 1 aliphatic rings. The van der Waals surface area contributed by atoms with E-state index in [1.165, 1.54) is 18.3 Å². The van der Waals surface area contributed by atoms with Gasteiger partial charge in [-0.25, -0.2) is 4.99 Å². The number of ether oxygens (including phenoxy) is 1. The standard InChI is InChI=1S/C18H18N4O3S/c1-4-22-14(9-20)13(8-19)21-16(12-6-7-26-10-12)17(22)15(11(3)23)18(24)25-5-2/h6-7,10,15,17H,4-5H2,1-3H3. The van der Waals surface area contributed by atoms with Gasteiger partial charge >= 0.3 is 5.97 Å². The van der Waals surface area contributed by atoms with Crippen molar-refractivity contribution in [1.82, 2.24) is 4.90 Å². The van der Waals surface area contributed by atoms with Crippen molar-refractivity contribution in [2.75, 3.05) is 13.2 Å². The Morgan fingerprint density at radius 3 is 2.58 bits per heavy atom. The second kappa shape index (κ2) is 8.41. The Labute approximate surface area is 155 Å². The smallest absolute Gasteiger partial charge is 0.319 e. The number of rotatable bonds is 6. The van der Waals surface area contributed by atoms with Crippen molar-refractivity contribution in [3.63, 3.8) is 0 Å². The summed E-state index contributed by atoms with van der Waals surface area (Å²) in [5.74, 6) is -2.19. The van der Waals surface area contributed by atoms with E-state index >= 15 is 0 Å². The van der Waals surface area contributed by atoms with Gasteiger partial charge in [0, 0.05) is 12.1 Å². The highest BCUT2D eigenvalue weighted by Gasteiger charge is 2.44. The molecule has 0 saturated carbocycles. The monoisotopic (exact) mass is 370 g/mol. The molecule has 1 aromatic rings. The minimum absolute atomic E-state index is 0.0297. The summed E-state index contributed by atoms with van der Waals surface area (Å²) in [6.07, 6.45) is 0. The first-order chi connectivity index (χ1) is 12.5. The molecule has 0 bridgehead atoms. The molecular formula is C18H18N4O3S. The van der Waals surface area contributed by atoms with Crippen LogP contribution in [0.2, 0.25) is 0 Å². The van der Waals surface area contributed by atoms with Crippen LogP contribution in [-0.2, 0) is 14.3 Å². The van der Waals surface area contributed by atoms with Crippen LogP contribution in [0.15, 0.2) is 33.2 Å². The van der Waals surface area contributed by atoms with E-state index in [9.17, 15) is 20.1 Å². The van der Waals surface area contributed by atoms with Gasteiger partial charge in [0.2, 0.25) is 0 Å². The number of Topliss-reactive ketones (excluding diaryl/α,β-unsaturated/α-hetero) is 1. The first-order valence-electron chi connectivity index (χ1n) is 8.09. The zero-order valence-corrected chi connectivity index (χ0v) is 15.5. The molecule has 0 N–H and O–H groups in total. The lowest BCUT2D eigenvalue weighted by Gasteiger charge is -2.38. The predicted molar refractivity (Wildman–Crippen MR) is 96.1 cm³/mol. The molecule has 1 aromatic heterocycles. The Bertz CT molecular complexity index is 843. The maximum Gasteiger partial charge on any atom is 0.319 e. The molecule has 1 aliphatic heterocycles. The molecule has 0 fully saturated rings. The molecule has 26 heavy (non-hydrogen) atoms. The van der Waals surface area contributed by atoms with E-state index in [4.69, 9.17) is 4.74 Å². The van der Waals surface area contributed by atoms with Crippen molar-refractivity contribution in [3.05, 3.63) is 33.8 Å². The van der Waals surface area contributed by atoms with Crippen LogP contribution in [-0.4, -0.2) is 41.6 Å². The molecule has 8 heteroatoms. The summed E-state index contributed by atoms with van der Waals surface area (Å²) >= 11 is 1.43. The summed E-state index contributed by atoms with van der Waals surface area (Å²) in [6, 6.07) is 4.91. The molecular weight excluding hydrogens is 352 g/mol. The van der Waals surface area contributed by atoms with Crippen LogP contribution in [0.25, 0.3) is 0 Å². The number of likely N-dealkylation sites (N-methyl/N-ethyl adjacent to an activating group) is 1. The zero-order valence-electron chi connectivity index (χ0n) is 14.7. The molecule has 0 amide bonds. The molecule has 7 nitrogen and oxygen atoms in total. The van der Waals surface area contributed by atoms with Crippen LogP contribution in [0, 0.1) is 28.6 Å². The summed E-state index contributed by atoms with van der Waals surface area (Å²) < 4.78 is 5.10. The number of ketones is 1. The van der Waals surface area contributed by atoms with Crippen LogP contribution in [0.1, 0.15) is 26.3 Å². The average Bonchev–Trinajstić information content (AvgIpc) is 3.15. The first-order valence-corrected chi connectivity index (χ1v) is 9.03. The van der Waals surface area contributed by atoms with E-state index < -0.39 is 17.9 Å². The first kappa shape index (κ1) is 19.4. The normalized spacial score (nSPS) is 17.8. The Kier molecular flexibility index (Phi) is 6.26. The molecule has 2 heterocycles. The van der Waals surface area contributed by atoms with E-state index in [1.807, 2.05) is 22.9 Å². The molecule has 0 spiro atoms. The largest absolute Gasteiger partial charge is 0.465 e. The topological polar surface area (TPSA) is 107 Å². The third-order valence-electron chi connectivity index (χ3n) is 4.02. The molecule has 0 saturated heterocycles. The minimum Gasteiger partial charge on any atom is -0.465 e. The number of nitriles is 2. The number of thiophene rings is 1. The highest BCUT2D eigenvalue weighted by molar-refractivity contribution is 7.08. The van der Waals surface area contributed by atoms with Crippen LogP contribution >= 0.6 is 11.3 Å². The second-order valence-electron chi connectivity index (χ2n) is 5.50. The van der Waals surface area contributed by atoms with Crippen molar-refractivity contribution in [2.24, 2.45) is 10.9 Å². The van der Waals surface area contributed by atoms with E-state index in [0.717, 1.165) is 0 Å². The summed E-state index contributed by atoms with van der Waals surface area (Å²) in [5.41, 5.74) is 1.14. The Morgan fingerprint density at radius 1 is 1.38 bits per heavy atom. The van der Waals surface area contributed by atoms with Crippen molar-refractivity contribution >= 4 is 28.8 Å². The number of nitrogens with zero attached hydrogens (tertiary/aromatic N) is 4. The fourth-order valence-corrected chi connectivity index (χ4v) is 3.59. The lowest BCUT2D eigenvalue weighted by Crippen LogP contribution is -2.53. The van der Waals surface area contributed by atoms with Crippen LogP contribution in [0.4, 0.5) is 0 Å².